The molecule has 2 aromatic carbocycles. The van der Waals surface area contributed by atoms with Crippen molar-refractivity contribution in [2.75, 3.05) is 5.32 Å². The number of hydrogen-bond donors (Lipinski definition) is 1. The van der Waals surface area contributed by atoms with Gasteiger partial charge in [-0.05, 0) is 62.1 Å². The van der Waals surface area contributed by atoms with E-state index in [4.69, 9.17) is 9.47 Å². The molecule has 1 amide bonds. The summed E-state index contributed by atoms with van der Waals surface area (Å²) in [5, 5.41) is 2.73. The Bertz CT molecular complexity index is 1060. The second-order valence-electron chi connectivity index (χ2n) is 8.80. The smallest absolute Gasteiger partial charge is 0.412 e. The van der Waals surface area contributed by atoms with E-state index in [-0.39, 0.29) is 5.78 Å². The molecule has 6 nitrogen and oxygen atoms in total. The zero-order chi connectivity index (χ0) is 23.7. The Morgan fingerprint density at radius 3 is 2.33 bits per heavy atom. The molecule has 0 aliphatic heterocycles. The lowest BCUT2D eigenvalue weighted by molar-refractivity contribution is -0.118. The Hall–Kier alpha value is -3.67. The lowest BCUT2D eigenvalue weighted by atomic mass is 10.0. The Morgan fingerprint density at radius 1 is 0.909 bits per heavy atom. The summed E-state index contributed by atoms with van der Waals surface area (Å²) in [5.74, 6) is 0.753. The molecule has 0 aliphatic carbocycles. The molecular formula is C27H30N2O4. The van der Waals surface area contributed by atoms with Crippen LogP contribution in [0.1, 0.15) is 43.9 Å². The average Bonchev–Trinajstić information content (AvgIpc) is 2.77. The van der Waals surface area contributed by atoms with Gasteiger partial charge in [-0.2, -0.15) is 0 Å². The van der Waals surface area contributed by atoms with Crippen molar-refractivity contribution in [2.45, 2.75) is 52.2 Å². The first-order valence-corrected chi connectivity index (χ1v) is 11.0. The molecule has 0 radical (unpaired) electrons. The van der Waals surface area contributed by atoms with E-state index in [9.17, 15) is 9.59 Å². The fourth-order valence-corrected chi connectivity index (χ4v) is 3.17. The summed E-state index contributed by atoms with van der Waals surface area (Å²) >= 11 is 0. The number of aromatic nitrogens is 1. The Kier molecular flexibility index (Phi) is 8.19. The Labute approximate surface area is 195 Å². The first-order valence-electron chi connectivity index (χ1n) is 11.0. The monoisotopic (exact) mass is 446 g/mol. The molecule has 3 aromatic rings. The number of aryl methyl sites for hydroxylation is 1. The molecule has 172 valence electrons. The summed E-state index contributed by atoms with van der Waals surface area (Å²) in [6.07, 6.45) is 4.60. The molecule has 1 N–H and O–H groups in total. The van der Waals surface area contributed by atoms with Crippen molar-refractivity contribution in [3.8, 4) is 5.75 Å². The number of pyridine rings is 1. The van der Waals surface area contributed by atoms with Gasteiger partial charge in [-0.1, -0.05) is 42.5 Å². The number of benzene rings is 2. The molecule has 0 bridgehead atoms. The lowest BCUT2D eigenvalue weighted by Gasteiger charge is -2.20. The lowest BCUT2D eigenvalue weighted by Crippen LogP contribution is -2.27. The molecule has 0 spiro atoms. The number of nitrogens with zero attached hydrogens (tertiary/aromatic N) is 1. The SMILES string of the molecule is CC(C)(C)OC(=O)Nc1ccccc1OCc1ccc(CC(=O)CCc2cccnc2)cc1. The predicted octanol–water partition coefficient (Wildman–Crippen LogP) is 5.75. The maximum atomic E-state index is 12.3. The van der Waals surface area contributed by atoms with E-state index >= 15 is 0 Å². The summed E-state index contributed by atoms with van der Waals surface area (Å²) in [7, 11) is 0. The molecule has 3 rings (SSSR count). The van der Waals surface area contributed by atoms with E-state index in [1.807, 2.05) is 69.3 Å². The van der Waals surface area contributed by atoms with Crippen molar-refractivity contribution in [2.24, 2.45) is 0 Å². The minimum atomic E-state index is -0.582. The van der Waals surface area contributed by atoms with Crippen LogP contribution in [0.15, 0.2) is 73.1 Å². The molecule has 1 aromatic heterocycles. The molecular weight excluding hydrogens is 416 g/mol. The molecule has 1 heterocycles. The van der Waals surface area contributed by atoms with Gasteiger partial charge in [0, 0.05) is 25.2 Å². The normalized spacial score (nSPS) is 11.0. The van der Waals surface area contributed by atoms with Crippen LogP contribution in [0.25, 0.3) is 0 Å². The second kappa shape index (κ2) is 11.3. The van der Waals surface area contributed by atoms with Crippen molar-refractivity contribution in [3.63, 3.8) is 0 Å². The quantitative estimate of drug-likeness (QED) is 0.453. The highest BCUT2D eigenvalue weighted by Gasteiger charge is 2.17. The highest BCUT2D eigenvalue weighted by Crippen LogP contribution is 2.25. The molecule has 0 saturated heterocycles. The zero-order valence-corrected chi connectivity index (χ0v) is 19.3. The van der Waals surface area contributed by atoms with E-state index in [2.05, 4.69) is 10.3 Å². The number of anilines is 1. The third-order valence-corrected chi connectivity index (χ3v) is 4.76. The van der Waals surface area contributed by atoms with Gasteiger partial charge in [0.05, 0.1) is 5.69 Å². The van der Waals surface area contributed by atoms with Gasteiger partial charge in [-0.15, -0.1) is 0 Å². The largest absolute Gasteiger partial charge is 0.487 e. The number of carbonyl (C=O) groups is 2. The van der Waals surface area contributed by atoms with E-state index in [1.165, 1.54) is 0 Å². The van der Waals surface area contributed by atoms with Gasteiger partial charge in [0.25, 0.3) is 0 Å². The highest BCUT2D eigenvalue weighted by molar-refractivity contribution is 5.87. The number of para-hydroxylation sites is 2. The zero-order valence-electron chi connectivity index (χ0n) is 19.3. The van der Waals surface area contributed by atoms with Crippen LogP contribution in [0, 0.1) is 0 Å². The van der Waals surface area contributed by atoms with E-state index in [0.717, 1.165) is 16.7 Å². The van der Waals surface area contributed by atoms with Crippen LogP contribution < -0.4 is 10.1 Å². The minimum absolute atomic E-state index is 0.199. The Balaban J connectivity index is 1.50. The molecule has 0 fully saturated rings. The predicted molar refractivity (Wildman–Crippen MR) is 128 cm³/mol. The molecule has 33 heavy (non-hydrogen) atoms. The van der Waals surface area contributed by atoms with Crippen LogP contribution in [0.2, 0.25) is 0 Å². The standard InChI is InChI=1S/C27H30N2O4/c1-27(2,3)33-26(31)29-24-8-4-5-9-25(24)32-19-22-12-10-20(11-13-22)17-23(30)15-14-21-7-6-16-28-18-21/h4-13,16,18H,14-15,17,19H2,1-3H3,(H,29,31). The number of Topliss-reactive ketones (excluding diaryl/α,β-unsaturated/α-hetero) is 1. The first-order chi connectivity index (χ1) is 15.8. The second-order valence-corrected chi connectivity index (χ2v) is 8.80. The van der Waals surface area contributed by atoms with Crippen LogP contribution in [0.5, 0.6) is 5.75 Å². The number of nitrogens with one attached hydrogen (secondary N) is 1. The molecule has 0 saturated carbocycles. The Morgan fingerprint density at radius 2 is 1.64 bits per heavy atom. The maximum absolute atomic E-state index is 12.3. The summed E-state index contributed by atoms with van der Waals surface area (Å²) in [6.45, 7) is 5.77. The summed E-state index contributed by atoms with van der Waals surface area (Å²) < 4.78 is 11.2. The van der Waals surface area contributed by atoms with Crippen LogP contribution in [-0.4, -0.2) is 22.5 Å². The van der Waals surface area contributed by atoms with Gasteiger partial charge in [0.1, 0.15) is 23.7 Å². The minimum Gasteiger partial charge on any atom is -0.487 e. The summed E-state index contributed by atoms with van der Waals surface area (Å²) in [6, 6.07) is 18.9. The number of hydrogen-bond acceptors (Lipinski definition) is 5. The number of rotatable bonds is 9. The topological polar surface area (TPSA) is 77.5 Å². The van der Waals surface area contributed by atoms with E-state index in [0.29, 0.717) is 37.3 Å². The van der Waals surface area contributed by atoms with E-state index in [1.54, 1.807) is 24.5 Å². The van der Waals surface area contributed by atoms with Gasteiger partial charge in [0.2, 0.25) is 0 Å². The first kappa shape index (κ1) is 24.0. The van der Waals surface area contributed by atoms with Crippen LogP contribution >= 0.6 is 0 Å². The van der Waals surface area contributed by atoms with Crippen molar-refractivity contribution < 1.29 is 19.1 Å². The number of ether oxygens (including phenoxy) is 2. The molecule has 6 heteroatoms. The van der Waals surface area contributed by atoms with Gasteiger partial charge < -0.3 is 9.47 Å². The number of ketones is 1. The van der Waals surface area contributed by atoms with Crippen molar-refractivity contribution in [1.82, 2.24) is 4.98 Å². The van der Waals surface area contributed by atoms with Gasteiger partial charge in [0.15, 0.2) is 0 Å². The highest BCUT2D eigenvalue weighted by atomic mass is 16.6. The molecule has 0 unspecified atom stereocenters. The van der Waals surface area contributed by atoms with Gasteiger partial charge in [-0.25, -0.2) is 4.79 Å². The van der Waals surface area contributed by atoms with Gasteiger partial charge in [-0.3, -0.25) is 15.1 Å². The fourth-order valence-electron chi connectivity index (χ4n) is 3.17. The fraction of sp³-hybridized carbons (Fsp3) is 0.296. The van der Waals surface area contributed by atoms with Crippen molar-refractivity contribution in [1.29, 1.82) is 0 Å². The van der Waals surface area contributed by atoms with Crippen molar-refractivity contribution >= 4 is 17.6 Å². The van der Waals surface area contributed by atoms with Crippen LogP contribution in [0.3, 0.4) is 0 Å². The summed E-state index contributed by atoms with van der Waals surface area (Å²) in [5.41, 5.74) is 2.97. The summed E-state index contributed by atoms with van der Waals surface area (Å²) in [4.78, 5) is 28.5. The van der Waals surface area contributed by atoms with Crippen LogP contribution in [-0.2, 0) is 29.0 Å². The number of carbonyl (C=O) groups excluding carboxylic acids is 2. The average molecular weight is 447 g/mol. The number of amides is 1. The van der Waals surface area contributed by atoms with Crippen molar-refractivity contribution in [3.05, 3.63) is 89.7 Å². The maximum Gasteiger partial charge on any atom is 0.412 e. The third-order valence-electron chi connectivity index (χ3n) is 4.76. The molecule has 0 aliphatic rings. The van der Waals surface area contributed by atoms with E-state index < -0.39 is 11.7 Å². The van der Waals surface area contributed by atoms with Gasteiger partial charge >= 0.3 is 6.09 Å². The third kappa shape index (κ3) is 8.41. The van der Waals surface area contributed by atoms with Crippen LogP contribution in [0.4, 0.5) is 10.5 Å². The molecule has 0 atom stereocenters.